The number of nitrogens with zero attached hydrogens (tertiary/aromatic N) is 1. The molecule has 1 saturated heterocycles. The maximum absolute atomic E-state index is 13.4. The number of halogens is 2. The van der Waals surface area contributed by atoms with Gasteiger partial charge in [-0.05, 0) is 42.9 Å². The number of carbonyl (C=O) groups excluding carboxylic acids is 1. The summed E-state index contributed by atoms with van der Waals surface area (Å²) >= 11 is 0. The van der Waals surface area contributed by atoms with Crippen LogP contribution in [-0.2, 0) is 14.3 Å². The van der Waals surface area contributed by atoms with Gasteiger partial charge in [0.15, 0.2) is 11.6 Å². The molecule has 1 N–H and O–H groups in total. The summed E-state index contributed by atoms with van der Waals surface area (Å²) in [6.07, 6.45) is 1.76. The van der Waals surface area contributed by atoms with Crippen molar-refractivity contribution in [1.82, 2.24) is 4.90 Å². The molecule has 3 rings (SSSR count). The number of carbonyl (C=O) groups is 2. The fourth-order valence-corrected chi connectivity index (χ4v) is 3.32. The maximum Gasteiger partial charge on any atom is 0.323 e. The molecule has 1 heterocycles. The monoisotopic (exact) mass is 339 g/mol. The van der Waals surface area contributed by atoms with E-state index in [9.17, 15) is 18.4 Å². The summed E-state index contributed by atoms with van der Waals surface area (Å²) in [5.74, 6) is -3.67. The molecule has 130 valence electrons. The van der Waals surface area contributed by atoms with Gasteiger partial charge in [-0.2, -0.15) is 0 Å². The summed E-state index contributed by atoms with van der Waals surface area (Å²) < 4.78 is 31.6. The molecule has 1 aromatic rings. The van der Waals surface area contributed by atoms with Crippen LogP contribution in [0.15, 0.2) is 18.2 Å². The van der Waals surface area contributed by atoms with Crippen molar-refractivity contribution in [1.29, 1.82) is 0 Å². The SMILES string of the molecule is O=C(O)CN(C(=O)[C@@H]1C[C@H]1c1ccc(F)c(F)c1)C1CCOCC1. The van der Waals surface area contributed by atoms with E-state index in [1.807, 2.05) is 0 Å². The van der Waals surface area contributed by atoms with Crippen molar-refractivity contribution in [3.63, 3.8) is 0 Å². The van der Waals surface area contributed by atoms with Gasteiger partial charge in [-0.15, -0.1) is 0 Å². The Morgan fingerprint density at radius 3 is 2.54 bits per heavy atom. The first-order valence-electron chi connectivity index (χ1n) is 8.02. The Bertz CT molecular complexity index is 645. The molecule has 1 aliphatic carbocycles. The van der Waals surface area contributed by atoms with Gasteiger partial charge >= 0.3 is 5.97 Å². The van der Waals surface area contributed by atoms with E-state index in [1.165, 1.54) is 11.0 Å². The van der Waals surface area contributed by atoms with Gasteiger partial charge in [-0.25, -0.2) is 8.78 Å². The van der Waals surface area contributed by atoms with Crippen LogP contribution >= 0.6 is 0 Å². The number of aliphatic carboxylic acids is 1. The molecule has 1 amide bonds. The zero-order valence-electron chi connectivity index (χ0n) is 13.1. The number of carboxylic acid groups (broad SMARTS) is 1. The Morgan fingerprint density at radius 1 is 1.21 bits per heavy atom. The molecule has 1 aliphatic heterocycles. The summed E-state index contributed by atoms with van der Waals surface area (Å²) in [7, 11) is 0. The van der Waals surface area contributed by atoms with E-state index >= 15 is 0 Å². The summed E-state index contributed by atoms with van der Waals surface area (Å²) in [4.78, 5) is 25.3. The molecule has 2 aliphatic rings. The van der Waals surface area contributed by atoms with Crippen LogP contribution in [0.5, 0.6) is 0 Å². The minimum Gasteiger partial charge on any atom is -0.480 e. The molecule has 2 atom stereocenters. The highest BCUT2D eigenvalue weighted by atomic mass is 19.2. The van der Waals surface area contributed by atoms with Crippen LogP contribution in [0.1, 0.15) is 30.7 Å². The fraction of sp³-hybridized carbons (Fsp3) is 0.529. The number of benzene rings is 1. The second kappa shape index (κ2) is 6.84. The maximum atomic E-state index is 13.4. The van der Waals surface area contributed by atoms with E-state index in [1.54, 1.807) is 0 Å². The second-order valence-electron chi connectivity index (χ2n) is 6.33. The zero-order chi connectivity index (χ0) is 17.3. The van der Waals surface area contributed by atoms with E-state index in [4.69, 9.17) is 9.84 Å². The highest BCUT2D eigenvalue weighted by molar-refractivity contribution is 5.86. The number of rotatable bonds is 5. The fourth-order valence-electron chi connectivity index (χ4n) is 3.32. The van der Waals surface area contributed by atoms with Crippen molar-refractivity contribution in [3.8, 4) is 0 Å². The minimum absolute atomic E-state index is 0.145. The summed E-state index contributed by atoms with van der Waals surface area (Å²) in [5, 5.41) is 9.10. The van der Waals surface area contributed by atoms with Gasteiger partial charge in [0.05, 0.1) is 0 Å². The average molecular weight is 339 g/mol. The smallest absolute Gasteiger partial charge is 0.323 e. The van der Waals surface area contributed by atoms with Crippen LogP contribution in [0.4, 0.5) is 8.78 Å². The first kappa shape index (κ1) is 16.8. The Morgan fingerprint density at radius 2 is 1.92 bits per heavy atom. The first-order valence-corrected chi connectivity index (χ1v) is 8.02. The van der Waals surface area contributed by atoms with Crippen LogP contribution < -0.4 is 0 Å². The highest BCUT2D eigenvalue weighted by Gasteiger charge is 2.47. The van der Waals surface area contributed by atoms with E-state index in [0.717, 1.165) is 12.1 Å². The number of hydrogen-bond donors (Lipinski definition) is 1. The van der Waals surface area contributed by atoms with Gasteiger partial charge in [-0.3, -0.25) is 9.59 Å². The van der Waals surface area contributed by atoms with E-state index < -0.39 is 17.6 Å². The number of ether oxygens (including phenoxy) is 1. The molecule has 5 nitrogen and oxygen atoms in total. The van der Waals surface area contributed by atoms with Gasteiger partial charge in [0.2, 0.25) is 5.91 Å². The van der Waals surface area contributed by atoms with Gasteiger partial charge in [-0.1, -0.05) is 6.07 Å². The summed E-state index contributed by atoms with van der Waals surface area (Å²) in [6.45, 7) is 0.668. The molecule has 1 aromatic carbocycles. The number of hydrogen-bond acceptors (Lipinski definition) is 3. The van der Waals surface area contributed by atoms with Gasteiger partial charge in [0.1, 0.15) is 6.54 Å². The molecule has 0 spiro atoms. The lowest BCUT2D eigenvalue weighted by atomic mass is 10.0. The Labute approximate surface area is 138 Å². The van der Waals surface area contributed by atoms with Gasteiger partial charge < -0.3 is 14.7 Å². The lowest BCUT2D eigenvalue weighted by Gasteiger charge is -2.33. The standard InChI is InChI=1S/C17H19F2NO4/c18-14-2-1-10(7-15(14)19)12-8-13(12)17(23)20(9-16(21)22)11-3-5-24-6-4-11/h1-2,7,11-13H,3-6,8-9H2,(H,21,22)/t12-,13+/m0/s1. The molecule has 7 heteroatoms. The molecule has 0 aromatic heterocycles. The Balaban J connectivity index is 1.71. The third-order valence-corrected chi connectivity index (χ3v) is 4.70. The Hall–Kier alpha value is -2.02. The van der Waals surface area contributed by atoms with Crippen LogP contribution in [0.3, 0.4) is 0 Å². The van der Waals surface area contributed by atoms with Crippen molar-refractivity contribution in [2.75, 3.05) is 19.8 Å². The molecular formula is C17H19F2NO4. The predicted molar refractivity (Wildman–Crippen MR) is 80.4 cm³/mol. The highest BCUT2D eigenvalue weighted by Crippen LogP contribution is 2.49. The van der Waals surface area contributed by atoms with Crippen molar-refractivity contribution >= 4 is 11.9 Å². The molecule has 24 heavy (non-hydrogen) atoms. The average Bonchev–Trinajstić information content (AvgIpc) is 3.36. The summed E-state index contributed by atoms with van der Waals surface area (Å²) in [5.41, 5.74) is 0.578. The Kier molecular flexibility index (Phi) is 4.80. The lowest BCUT2D eigenvalue weighted by Crippen LogP contribution is -2.46. The van der Waals surface area contributed by atoms with Crippen molar-refractivity contribution in [2.45, 2.75) is 31.2 Å². The molecule has 0 bridgehead atoms. The van der Waals surface area contributed by atoms with Crippen LogP contribution in [0.2, 0.25) is 0 Å². The number of carboxylic acids is 1. The van der Waals surface area contributed by atoms with Crippen LogP contribution in [0.25, 0.3) is 0 Å². The molecule has 2 fully saturated rings. The largest absolute Gasteiger partial charge is 0.480 e. The molecule has 0 unspecified atom stereocenters. The second-order valence-corrected chi connectivity index (χ2v) is 6.33. The van der Waals surface area contributed by atoms with E-state index in [-0.39, 0.29) is 30.3 Å². The van der Waals surface area contributed by atoms with Crippen LogP contribution in [-0.4, -0.2) is 47.7 Å². The van der Waals surface area contributed by atoms with Crippen LogP contribution in [0, 0.1) is 17.6 Å². The van der Waals surface area contributed by atoms with Crippen molar-refractivity contribution in [3.05, 3.63) is 35.4 Å². The predicted octanol–water partition coefficient (Wildman–Crippen LogP) is 2.16. The van der Waals surface area contributed by atoms with Crippen molar-refractivity contribution in [2.24, 2.45) is 5.92 Å². The quantitative estimate of drug-likeness (QED) is 0.893. The number of amides is 1. The third-order valence-electron chi connectivity index (χ3n) is 4.70. The molecule has 0 radical (unpaired) electrons. The topological polar surface area (TPSA) is 66.8 Å². The summed E-state index contributed by atoms with van der Waals surface area (Å²) in [6, 6.07) is 3.50. The zero-order valence-corrected chi connectivity index (χ0v) is 13.1. The molecule has 1 saturated carbocycles. The van der Waals surface area contributed by atoms with Gasteiger partial charge in [0, 0.05) is 25.2 Å². The molecular weight excluding hydrogens is 320 g/mol. The third kappa shape index (κ3) is 3.56. The van der Waals surface area contributed by atoms with Crippen molar-refractivity contribution < 1.29 is 28.2 Å². The van der Waals surface area contributed by atoms with E-state index in [2.05, 4.69) is 0 Å². The lowest BCUT2D eigenvalue weighted by molar-refractivity contribution is -0.148. The minimum atomic E-state index is -1.06. The first-order chi connectivity index (χ1) is 11.5. The van der Waals surface area contributed by atoms with E-state index in [0.29, 0.717) is 38.0 Å². The normalized spacial score (nSPS) is 23.8. The van der Waals surface area contributed by atoms with Gasteiger partial charge in [0.25, 0.3) is 0 Å².